The molecule has 8 aromatic rings. The van der Waals surface area contributed by atoms with E-state index in [4.69, 9.17) is 151 Å². The Morgan fingerprint density at radius 3 is 0.924 bits per heavy atom. The molecule has 4 unspecified atom stereocenters. The van der Waals surface area contributed by atoms with Crippen LogP contribution in [0.15, 0.2) is 291 Å². The van der Waals surface area contributed by atoms with Gasteiger partial charge in [-0.05, 0) is 213 Å². The molecule has 0 aliphatic carbocycles. The number of esters is 5. The third-order valence-corrected chi connectivity index (χ3v) is 23.2. The number of allylic oxidation sites excluding steroid dienone is 20. The van der Waals surface area contributed by atoms with Crippen LogP contribution in [0.4, 0.5) is 45.5 Å². The molecule has 0 bridgehead atoms. The number of halogens is 8. The van der Waals surface area contributed by atoms with Crippen LogP contribution in [-0.4, -0.2) is 145 Å². The van der Waals surface area contributed by atoms with Crippen LogP contribution in [0.25, 0.3) is 0 Å². The SMILES string of the molecule is CC/C=C\C/C=C\C/C=C\C/C=C\C/C=C\CCCC(=O)OCC(COC(=O)Cc1ccccc1Nc1c(Cl)cccc1Cl)OC(=O)CCC/C=C\C/C=C\C/C=C\C/C=C\C/C=C\CC.CC1(C)OCC(CO)O1.CC1(C)OCC(COC(=O)Cc2ccccc2Nc2c(Cl)cccc2Cl)O1.O=C(Cc1ccccc1Nc1c(Cl)cccc1Cl)OCC(O)CO.O=C(O)Cc1ccccc1Nc1c(Cl)cccc1Cl. The number of hydrogen-bond acceptors (Lipinski definition) is 22. The highest BCUT2D eigenvalue weighted by molar-refractivity contribution is 6.41. The van der Waals surface area contributed by atoms with Gasteiger partial charge in [0, 0.05) is 35.6 Å². The number of aliphatic hydroxyl groups excluding tert-OH is 3. The number of carboxylic acid groups (broad SMARTS) is 1. The number of carbonyl (C=O) groups excluding carboxylic acids is 5. The Balaban J connectivity index is 0.000000327. The van der Waals surface area contributed by atoms with Crippen molar-refractivity contribution < 1.29 is 91.8 Å². The molecule has 4 atom stereocenters. The number of unbranched alkanes of at least 4 members (excludes halogenated alkanes) is 2. The smallest absolute Gasteiger partial charge is 0.310 e. The van der Waals surface area contributed by atoms with E-state index in [0.29, 0.717) is 129 Å². The number of aliphatic carboxylic acids is 1. The van der Waals surface area contributed by atoms with Crippen molar-refractivity contribution in [2.24, 2.45) is 0 Å². The van der Waals surface area contributed by atoms with Gasteiger partial charge in [-0.3, -0.25) is 28.8 Å². The van der Waals surface area contributed by atoms with Gasteiger partial charge in [0.2, 0.25) is 0 Å². The molecule has 31 heteroatoms. The third kappa shape index (κ3) is 52.4. The van der Waals surface area contributed by atoms with Crippen molar-refractivity contribution >= 4 is 174 Å². The van der Waals surface area contributed by atoms with Crippen LogP contribution < -0.4 is 21.3 Å². The fraction of sp³-hybridized carbons (Fsp3) is 0.351. The molecule has 2 saturated heterocycles. The number of rotatable bonds is 53. The molecule has 2 heterocycles. The lowest BCUT2D eigenvalue weighted by molar-refractivity contribution is -0.166. The van der Waals surface area contributed by atoms with Crippen molar-refractivity contribution in [3.05, 3.63) is 354 Å². The lowest BCUT2D eigenvalue weighted by atomic mass is 10.1. The highest BCUT2D eigenvalue weighted by Gasteiger charge is 2.34. The number of aliphatic hydroxyl groups is 3. The Bertz CT molecular complexity index is 5520. The van der Waals surface area contributed by atoms with E-state index in [9.17, 15) is 33.9 Å². The maximum atomic E-state index is 13.1. The number of ether oxygens (including phenoxy) is 9. The fourth-order valence-corrected chi connectivity index (χ4v) is 15.3. The molecule has 0 amide bonds. The van der Waals surface area contributed by atoms with Crippen LogP contribution in [0.2, 0.25) is 40.2 Å². The largest absolute Gasteiger partial charge is 0.481 e. The topological polar surface area (TPSA) is 315 Å². The van der Waals surface area contributed by atoms with Gasteiger partial charge in [0.15, 0.2) is 17.7 Å². The summed E-state index contributed by atoms with van der Waals surface area (Å²) in [7, 11) is 0. The summed E-state index contributed by atoms with van der Waals surface area (Å²) in [4.78, 5) is 73.7. The van der Waals surface area contributed by atoms with E-state index in [1.165, 1.54) is 0 Å². The molecule has 780 valence electrons. The average molecular weight is 2150 g/mol. The van der Waals surface area contributed by atoms with Crippen molar-refractivity contribution in [2.75, 3.05) is 74.1 Å². The van der Waals surface area contributed by atoms with Gasteiger partial charge in [0.25, 0.3) is 0 Å². The lowest BCUT2D eigenvalue weighted by Crippen LogP contribution is -2.31. The van der Waals surface area contributed by atoms with Gasteiger partial charge >= 0.3 is 35.8 Å². The van der Waals surface area contributed by atoms with Crippen LogP contribution in [0.1, 0.15) is 167 Å². The van der Waals surface area contributed by atoms with Gasteiger partial charge in [0.05, 0.1) is 115 Å². The predicted molar refractivity (Wildman–Crippen MR) is 588 cm³/mol. The van der Waals surface area contributed by atoms with Crippen LogP contribution in [0.5, 0.6) is 0 Å². The maximum Gasteiger partial charge on any atom is 0.310 e. The highest BCUT2D eigenvalue weighted by Crippen LogP contribution is 2.39. The summed E-state index contributed by atoms with van der Waals surface area (Å²) in [5.74, 6) is -4.29. The Morgan fingerprint density at radius 1 is 0.359 bits per heavy atom. The molecule has 8 N–H and O–H groups in total. The predicted octanol–water partition coefficient (Wildman–Crippen LogP) is 28.8. The molecule has 8 aromatic carbocycles. The van der Waals surface area contributed by atoms with Gasteiger partial charge in [-0.1, -0.05) is 325 Å². The zero-order valence-corrected chi connectivity index (χ0v) is 88.8. The zero-order valence-electron chi connectivity index (χ0n) is 82.8. The summed E-state index contributed by atoms with van der Waals surface area (Å²) in [5, 5.41) is 51.8. The minimum absolute atomic E-state index is 0.00337. The van der Waals surface area contributed by atoms with E-state index in [0.717, 1.165) is 81.9 Å². The van der Waals surface area contributed by atoms with E-state index < -0.39 is 60.2 Å². The quantitative estimate of drug-likeness (QED) is 0.00760. The standard InChI is InChI=1S/C57H73Cl2NO6.C20H21Cl2NO4.C17H17Cl2NO4.C14H11Cl2NO2.C6H12O3/c1-3-5-7-9-11-13-15-17-19-21-23-25-27-29-31-33-35-44-54(61)64-47-50(48-65-56(63)46-49-40-37-38-43-53(49)60-57-51(58)41-39-42-52(57)59)66-55(62)45-36-34-32-30-28-26-24-22-20-18-16-14-12-10-8-6-4-2;1-20(2)26-12-14(27-20)11-25-18(24)10-13-6-3-4-9-17(13)23-19-15(21)7-5-8-16(19)22;18-13-5-3-6-14(19)17(13)20-15-7-2-1-4-11(15)8-16(23)24-10-12(22)9-21;15-10-5-3-6-11(16)14(10)17-12-7-2-1-4-9(12)8-13(18)19;1-6(2)8-4-5(3-7)9-6/h5-8,11-14,17-20,23-26,29-32,37-43,50,60H,3-4,9-10,15-16,21-22,27-28,33-36,44-48H2,1-2H3;3-9,14,23H,10-12H2,1-2H3;1-7,12,20-22H,8-10H2;1-7,17H,8H2,(H,18,19);5,7H,3-4H2,1-2H3/b7-5-,8-6-,13-11-,14-12-,19-17-,20-18-,25-23-,26-24-,31-29-,32-30-;;;;. The first-order valence-electron chi connectivity index (χ1n) is 48.1. The number of nitrogens with one attached hydrogen (secondary N) is 4. The van der Waals surface area contributed by atoms with Crippen LogP contribution in [0.3, 0.4) is 0 Å². The van der Waals surface area contributed by atoms with E-state index in [-0.39, 0.29) is 89.7 Å². The Kier molecular flexibility index (Phi) is 60.8. The van der Waals surface area contributed by atoms with Crippen molar-refractivity contribution in [2.45, 2.75) is 206 Å². The molecule has 0 saturated carbocycles. The second-order valence-electron chi connectivity index (χ2n) is 33.6. The average Bonchev–Trinajstić information content (AvgIpc) is 1.68. The molecular formula is C114H134Cl8N4O19. The van der Waals surface area contributed by atoms with Gasteiger partial charge in [0.1, 0.15) is 44.7 Å². The number of hydrogen-bond donors (Lipinski definition) is 8. The second kappa shape index (κ2) is 71.7. The highest BCUT2D eigenvalue weighted by atomic mass is 35.5. The Labute approximate surface area is 893 Å². The summed E-state index contributed by atoms with van der Waals surface area (Å²) in [5.41, 5.74) is 7.78. The molecule has 0 spiro atoms. The van der Waals surface area contributed by atoms with E-state index in [1.807, 2.05) is 82.3 Å². The van der Waals surface area contributed by atoms with Crippen molar-refractivity contribution in [3.63, 3.8) is 0 Å². The van der Waals surface area contributed by atoms with E-state index >= 15 is 0 Å². The van der Waals surface area contributed by atoms with Crippen LogP contribution in [-0.2, 0) is 97.1 Å². The van der Waals surface area contributed by atoms with Crippen molar-refractivity contribution in [1.82, 2.24) is 0 Å². The Hall–Kier alpha value is -10.8. The third-order valence-electron chi connectivity index (χ3n) is 20.7. The van der Waals surface area contributed by atoms with Crippen molar-refractivity contribution in [1.29, 1.82) is 0 Å². The molecule has 0 aromatic heterocycles. The summed E-state index contributed by atoms with van der Waals surface area (Å²) < 4.78 is 48.6. The summed E-state index contributed by atoms with van der Waals surface area (Å²) in [6.45, 7) is 11.5. The fourth-order valence-electron chi connectivity index (χ4n) is 13.4. The monoisotopic (exact) mass is 2140 g/mol. The van der Waals surface area contributed by atoms with E-state index in [2.05, 4.69) is 157 Å². The van der Waals surface area contributed by atoms with Gasteiger partial charge in [-0.25, -0.2) is 0 Å². The first-order chi connectivity index (χ1) is 69.9. The molecule has 23 nitrogen and oxygen atoms in total. The molecule has 2 aliphatic rings. The molecule has 0 radical (unpaired) electrons. The van der Waals surface area contributed by atoms with E-state index in [1.54, 1.807) is 115 Å². The van der Waals surface area contributed by atoms with Gasteiger partial charge in [-0.15, -0.1) is 0 Å². The number of para-hydroxylation sites is 8. The summed E-state index contributed by atoms with van der Waals surface area (Å²) >= 11 is 49.6. The van der Waals surface area contributed by atoms with Crippen molar-refractivity contribution in [3.8, 4) is 0 Å². The summed E-state index contributed by atoms with van der Waals surface area (Å²) in [6.07, 6.45) is 53.0. The number of carboxylic acids is 1. The molecule has 10 rings (SSSR count). The lowest BCUT2D eigenvalue weighted by Gasteiger charge is -2.19. The normalized spacial score (nSPS) is 14.6. The molecule has 145 heavy (non-hydrogen) atoms. The zero-order chi connectivity index (χ0) is 105. The second-order valence-corrected chi connectivity index (χ2v) is 36.8. The van der Waals surface area contributed by atoms with Gasteiger partial charge < -0.3 is 84.3 Å². The number of anilines is 8. The summed E-state index contributed by atoms with van der Waals surface area (Å²) in [6, 6.07) is 49.8. The minimum atomic E-state index is -1.08. The molecule has 2 aliphatic heterocycles. The first kappa shape index (κ1) is 123. The Morgan fingerprint density at radius 2 is 0.634 bits per heavy atom. The van der Waals surface area contributed by atoms with Crippen LogP contribution in [0, 0.1) is 0 Å². The molecule has 2 fully saturated rings. The number of carbonyl (C=O) groups is 6. The number of benzene rings is 8. The maximum absolute atomic E-state index is 13.1. The first-order valence-corrected chi connectivity index (χ1v) is 51.2. The minimum Gasteiger partial charge on any atom is -0.481 e. The van der Waals surface area contributed by atoms with Gasteiger partial charge in [-0.2, -0.15) is 0 Å². The molecular weight excluding hydrogens is 2010 g/mol. The van der Waals surface area contributed by atoms with Crippen LogP contribution >= 0.6 is 92.8 Å².